The van der Waals surface area contributed by atoms with Crippen LogP contribution in [-0.2, 0) is 11.3 Å². The van der Waals surface area contributed by atoms with Gasteiger partial charge in [0.25, 0.3) is 0 Å². The van der Waals surface area contributed by atoms with Gasteiger partial charge in [-0.15, -0.1) is 0 Å². The number of benzene rings is 3. The lowest BCUT2D eigenvalue weighted by atomic mass is 10.1. The van der Waals surface area contributed by atoms with E-state index in [1.54, 1.807) is 30.3 Å². The first-order valence-corrected chi connectivity index (χ1v) is 9.26. The summed E-state index contributed by atoms with van der Waals surface area (Å²) in [6, 6.07) is 18.2. The van der Waals surface area contributed by atoms with Gasteiger partial charge >= 0.3 is 5.97 Å². The first-order chi connectivity index (χ1) is 14.0. The Morgan fingerprint density at radius 1 is 1.00 bits per heavy atom. The summed E-state index contributed by atoms with van der Waals surface area (Å²) in [7, 11) is 0. The topological polar surface area (TPSA) is 94.6 Å². The van der Waals surface area contributed by atoms with Gasteiger partial charge < -0.3 is 20.1 Å². The predicted octanol–water partition coefficient (Wildman–Crippen LogP) is 4.06. The number of primary amides is 1. The Bertz CT molecular complexity index is 1260. The van der Waals surface area contributed by atoms with Gasteiger partial charge in [-0.3, -0.25) is 4.79 Å². The number of carboxylic acid groups (broad SMARTS) is 1. The van der Waals surface area contributed by atoms with Crippen molar-refractivity contribution in [1.82, 2.24) is 4.57 Å². The average Bonchev–Trinajstić information content (AvgIpc) is 3.01. The Kier molecular flexibility index (Phi) is 4.86. The summed E-state index contributed by atoms with van der Waals surface area (Å²) in [6.07, 6.45) is 0. The van der Waals surface area contributed by atoms with Crippen molar-refractivity contribution in [3.8, 4) is 5.75 Å². The van der Waals surface area contributed by atoms with Crippen molar-refractivity contribution >= 4 is 45.3 Å². The van der Waals surface area contributed by atoms with E-state index in [1.807, 2.05) is 34.9 Å². The second-order valence-electron chi connectivity index (χ2n) is 6.61. The number of carbonyl (C=O) groups excluding carboxylic acids is 1. The highest BCUT2D eigenvalue weighted by Crippen LogP contribution is 2.38. The summed E-state index contributed by atoms with van der Waals surface area (Å²) in [4.78, 5) is 23.1. The van der Waals surface area contributed by atoms with Crippen LogP contribution in [0.4, 0.5) is 0 Å². The molecular weight excluding hydrogens is 392 g/mol. The van der Waals surface area contributed by atoms with Crippen molar-refractivity contribution in [3.05, 3.63) is 76.8 Å². The summed E-state index contributed by atoms with van der Waals surface area (Å²) in [5.41, 5.74) is 8.56. The van der Waals surface area contributed by atoms with E-state index in [1.165, 1.54) is 0 Å². The summed E-state index contributed by atoms with van der Waals surface area (Å²) in [5, 5.41) is 10.9. The van der Waals surface area contributed by atoms with E-state index in [0.29, 0.717) is 33.7 Å². The van der Waals surface area contributed by atoms with E-state index in [2.05, 4.69) is 0 Å². The van der Waals surface area contributed by atoms with Crippen LogP contribution in [0.25, 0.3) is 21.8 Å². The number of aromatic nitrogens is 1. The molecule has 0 aliphatic heterocycles. The third-order valence-corrected chi connectivity index (χ3v) is 4.96. The Hall–Kier alpha value is -3.51. The number of fused-ring (bicyclic) bond motifs is 3. The van der Waals surface area contributed by atoms with Crippen LogP contribution in [-0.4, -0.2) is 28.2 Å². The number of carboxylic acids is 1. The summed E-state index contributed by atoms with van der Waals surface area (Å²) < 4.78 is 7.56. The Morgan fingerprint density at radius 2 is 1.69 bits per heavy atom. The fourth-order valence-electron chi connectivity index (χ4n) is 3.61. The molecule has 0 bridgehead atoms. The lowest BCUT2D eigenvalue weighted by Gasteiger charge is -2.09. The molecule has 3 aromatic carbocycles. The molecule has 0 saturated carbocycles. The number of rotatable bonds is 6. The van der Waals surface area contributed by atoms with Gasteiger partial charge in [0.05, 0.1) is 16.4 Å². The van der Waals surface area contributed by atoms with Crippen LogP contribution in [0.1, 0.15) is 15.9 Å². The predicted molar refractivity (Wildman–Crippen MR) is 112 cm³/mol. The number of nitrogens with two attached hydrogens (primary N) is 1. The average molecular weight is 409 g/mol. The third-order valence-electron chi connectivity index (χ3n) is 4.72. The number of amides is 1. The monoisotopic (exact) mass is 408 g/mol. The molecule has 0 radical (unpaired) electrons. The van der Waals surface area contributed by atoms with Crippen molar-refractivity contribution in [1.29, 1.82) is 0 Å². The molecule has 1 aromatic heterocycles. The molecule has 29 heavy (non-hydrogen) atoms. The highest BCUT2D eigenvalue weighted by Gasteiger charge is 2.20. The van der Waals surface area contributed by atoms with Crippen LogP contribution < -0.4 is 10.5 Å². The standard InChI is InChI=1S/C22H17ClN2O4/c23-14-5-1-4-13(10-14)11-25-16-7-2-6-15(22(24)28)20(16)21-17(25)8-3-9-18(21)29-12-19(26)27/h1-10H,11-12H2,(H2,24,28)(H,26,27). The smallest absolute Gasteiger partial charge is 0.341 e. The molecule has 0 unspecified atom stereocenters. The van der Waals surface area contributed by atoms with Crippen LogP contribution in [0.3, 0.4) is 0 Å². The lowest BCUT2D eigenvalue weighted by molar-refractivity contribution is -0.139. The van der Waals surface area contributed by atoms with E-state index in [0.717, 1.165) is 16.6 Å². The summed E-state index contributed by atoms with van der Waals surface area (Å²) >= 11 is 6.14. The molecule has 0 atom stereocenters. The van der Waals surface area contributed by atoms with Crippen molar-refractivity contribution in [2.24, 2.45) is 5.73 Å². The van der Waals surface area contributed by atoms with Gasteiger partial charge in [-0.1, -0.05) is 35.9 Å². The molecule has 4 rings (SSSR count). The molecule has 7 heteroatoms. The highest BCUT2D eigenvalue weighted by atomic mass is 35.5. The number of hydrogen-bond acceptors (Lipinski definition) is 3. The molecule has 0 fully saturated rings. The first-order valence-electron chi connectivity index (χ1n) is 8.88. The van der Waals surface area contributed by atoms with Gasteiger partial charge in [0.15, 0.2) is 6.61 Å². The number of hydrogen-bond donors (Lipinski definition) is 2. The van der Waals surface area contributed by atoms with Crippen LogP contribution in [0.15, 0.2) is 60.7 Å². The Balaban J connectivity index is 2.02. The lowest BCUT2D eigenvalue weighted by Crippen LogP contribution is -2.11. The maximum absolute atomic E-state index is 12.1. The molecule has 0 aliphatic rings. The van der Waals surface area contributed by atoms with Crippen molar-refractivity contribution in [3.63, 3.8) is 0 Å². The minimum Gasteiger partial charge on any atom is -0.481 e. The second kappa shape index (κ2) is 7.48. The van der Waals surface area contributed by atoms with Crippen molar-refractivity contribution < 1.29 is 19.4 Å². The van der Waals surface area contributed by atoms with E-state index in [-0.39, 0.29) is 0 Å². The van der Waals surface area contributed by atoms with E-state index in [4.69, 9.17) is 27.2 Å². The summed E-state index contributed by atoms with van der Waals surface area (Å²) in [5.74, 6) is -1.27. The van der Waals surface area contributed by atoms with Gasteiger partial charge in [-0.05, 0) is 42.0 Å². The van der Waals surface area contributed by atoms with Crippen LogP contribution in [0.2, 0.25) is 5.02 Å². The molecular formula is C22H17ClN2O4. The molecule has 1 heterocycles. The van der Waals surface area contributed by atoms with Crippen LogP contribution in [0.5, 0.6) is 5.75 Å². The molecule has 0 spiro atoms. The quantitative estimate of drug-likeness (QED) is 0.503. The zero-order chi connectivity index (χ0) is 20.5. The number of aliphatic carboxylic acids is 1. The minimum atomic E-state index is -1.08. The van der Waals surface area contributed by atoms with E-state index in [9.17, 15) is 9.59 Å². The SMILES string of the molecule is NC(=O)c1cccc2c1c1c(OCC(=O)O)cccc1n2Cc1cccc(Cl)c1. The first kappa shape index (κ1) is 18.8. The normalized spacial score (nSPS) is 11.1. The second-order valence-corrected chi connectivity index (χ2v) is 7.05. The molecule has 1 amide bonds. The van der Waals surface area contributed by atoms with Gasteiger partial charge in [0.2, 0.25) is 5.91 Å². The highest BCUT2D eigenvalue weighted by molar-refractivity contribution is 6.30. The van der Waals surface area contributed by atoms with Crippen molar-refractivity contribution in [2.75, 3.05) is 6.61 Å². The van der Waals surface area contributed by atoms with Gasteiger partial charge in [0.1, 0.15) is 5.75 Å². The fourth-order valence-corrected chi connectivity index (χ4v) is 3.82. The number of halogens is 1. The Morgan fingerprint density at radius 3 is 2.38 bits per heavy atom. The van der Waals surface area contributed by atoms with Crippen LogP contribution >= 0.6 is 11.6 Å². The molecule has 4 aromatic rings. The summed E-state index contributed by atoms with van der Waals surface area (Å²) in [6.45, 7) is 0.0178. The fraction of sp³-hybridized carbons (Fsp3) is 0.0909. The zero-order valence-corrected chi connectivity index (χ0v) is 16.0. The van der Waals surface area contributed by atoms with E-state index >= 15 is 0 Å². The Labute approximate surface area is 171 Å². The van der Waals surface area contributed by atoms with Gasteiger partial charge in [0, 0.05) is 22.5 Å². The van der Waals surface area contributed by atoms with Crippen LogP contribution in [0, 0.1) is 0 Å². The molecule has 0 aliphatic carbocycles. The van der Waals surface area contributed by atoms with Gasteiger partial charge in [-0.25, -0.2) is 4.79 Å². The molecule has 0 saturated heterocycles. The molecule has 146 valence electrons. The third kappa shape index (κ3) is 3.50. The van der Waals surface area contributed by atoms with Crippen molar-refractivity contribution in [2.45, 2.75) is 6.54 Å². The largest absolute Gasteiger partial charge is 0.481 e. The maximum Gasteiger partial charge on any atom is 0.341 e. The zero-order valence-electron chi connectivity index (χ0n) is 15.3. The number of carbonyl (C=O) groups is 2. The molecule has 3 N–H and O–H groups in total. The molecule has 6 nitrogen and oxygen atoms in total. The maximum atomic E-state index is 12.1. The number of ether oxygens (including phenoxy) is 1. The number of nitrogens with zero attached hydrogens (tertiary/aromatic N) is 1. The van der Waals surface area contributed by atoms with Gasteiger partial charge in [-0.2, -0.15) is 0 Å². The van der Waals surface area contributed by atoms with E-state index < -0.39 is 18.5 Å². The minimum absolute atomic E-state index is 0.351.